The zero-order valence-electron chi connectivity index (χ0n) is 13.7. The zero-order valence-corrected chi connectivity index (χ0v) is 13.7. The highest BCUT2D eigenvalue weighted by Gasteiger charge is 2.33. The maximum atomic E-state index is 13.6. The van der Waals surface area contributed by atoms with Crippen molar-refractivity contribution in [1.82, 2.24) is 9.97 Å². The van der Waals surface area contributed by atoms with E-state index in [1.54, 1.807) is 6.07 Å². The number of halogens is 2. The van der Waals surface area contributed by atoms with Crippen LogP contribution in [0.15, 0.2) is 30.6 Å². The second-order valence-corrected chi connectivity index (χ2v) is 6.82. The molecule has 0 amide bonds. The zero-order chi connectivity index (χ0) is 17.4. The van der Waals surface area contributed by atoms with E-state index >= 15 is 0 Å². The van der Waals surface area contributed by atoms with E-state index in [1.165, 1.54) is 25.2 Å². The van der Waals surface area contributed by atoms with Gasteiger partial charge in [-0.15, -0.1) is 0 Å². The summed E-state index contributed by atoms with van der Waals surface area (Å²) in [7, 11) is 0. The van der Waals surface area contributed by atoms with E-state index < -0.39 is 17.7 Å². The largest absolute Gasteiger partial charge is 0.391 e. The number of nitrogens with one attached hydrogen (secondary N) is 1. The van der Waals surface area contributed by atoms with Crippen LogP contribution in [0, 0.1) is 17.6 Å². The third-order valence-electron chi connectivity index (χ3n) is 4.82. The fourth-order valence-corrected chi connectivity index (χ4v) is 3.27. The first-order valence-corrected chi connectivity index (χ1v) is 8.55. The summed E-state index contributed by atoms with van der Waals surface area (Å²) in [5, 5.41) is 13.4. The Balaban J connectivity index is 1.58. The van der Waals surface area contributed by atoms with E-state index in [0.29, 0.717) is 24.3 Å². The fourth-order valence-electron chi connectivity index (χ4n) is 3.27. The number of aromatic nitrogens is 2. The topological polar surface area (TPSA) is 61.3 Å². The van der Waals surface area contributed by atoms with Crippen LogP contribution in [-0.4, -0.2) is 34.3 Å². The van der Waals surface area contributed by atoms with Gasteiger partial charge in [0.1, 0.15) is 18.0 Å². The van der Waals surface area contributed by atoms with Crippen molar-refractivity contribution in [3.8, 4) is 0 Å². The average molecular weight is 346 g/mol. The lowest BCUT2D eigenvalue weighted by molar-refractivity contribution is 0.194. The van der Waals surface area contributed by atoms with Gasteiger partial charge in [-0.05, 0) is 42.9 Å². The van der Waals surface area contributed by atoms with Crippen molar-refractivity contribution >= 4 is 11.6 Å². The number of nitrogens with zero attached hydrogens (tertiary/aromatic N) is 3. The number of aliphatic hydroxyl groups excluding tert-OH is 1. The van der Waals surface area contributed by atoms with Crippen LogP contribution in [0.4, 0.5) is 20.4 Å². The van der Waals surface area contributed by atoms with Crippen molar-refractivity contribution in [1.29, 1.82) is 0 Å². The van der Waals surface area contributed by atoms with Gasteiger partial charge in [-0.3, -0.25) is 0 Å². The quantitative estimate of drug-likeness (QED) is 0.872. The molecule has 0 bridgehead atoms. The van der Waals surface area contributed by atoms with Gasteiger partial charge in [-0.25, -0.2) is 18.7 Å². The minimum atomic E-state index is -0.881. The molecule has 132 valence electrons. The van der Waals surface area contributed by atoms with Crippen LogP contribution in [0.3, 0.4) is 0 Å². The third-order valence-corrected chi connectivity index (χ3v) is 4.82. The summed E-state index contributed by atoms with van der Waals surface area (Å²) in [4.78, 5) is 10.5. The molecule has 1 aromatic heterocycles. The third kappa shape index (κ3) is 3.56. The molecule has 0 unspecified atom stereocenters. The molecule has 5 nitrogen and oxygen atoms in total. The van der Waals surface area contributed by atoms with Gasteiger partial charge in [-0.1, -0.05) is 6.07 Å². The lowest BCUT2D eigenvalue weighted by atomic mass is 10.0. The van der Waals surface area contributed by atoms with Crippen LogP contribution in [0.2, 0.25) is 0 Å². The maximum Gasteiger partial charge on any atom is 0.159 e. The highest BCUT2D eigenvalue weighted by Crippen LogP contribution is 2.36. The molecular formula is C18H20F2N4O. The Kier molecular flexibility index (Phi) is 4.25. The molecular weight excluding hydrogens is 326 g/mol. The molecule has 4 rings (SSSR count). The standard InChI is InChI=1S/C18H20F2N4O/c19-14-4-3-12(5-15(14)20)16-6-13(25)9-24(16)18-7-17(22-10-23-18)21-8-11-1-2-11/h3-5,7,10-11,13,16,25H,1-2,6,8-9H2,(H,21,22,23)/t13-,16-/m1/s1. The summed E-state index contributed by atoms with van der Waals surface area (Å²) in [6.07, 6.45) is 3.89. The minimum absolute atomic E-state index is 0.253. The van der Waals surface area contributed by atoms with Gasteiger partial charge in [0.25, 0.3) is 0 Å². The first-order chi connectivity index (χ1) is 12.1. The second-order valence-electron chi connectivity index (χ2n) is 6.82. The number of β-amino-alcohol motifs (C(OH)–C–C–N with tert-alkyl or cyclic N) is 1. The molecule has 1 saturated heterocycles. The second kappa shape index (κ2) is 6.55. The van der Waals surface area contributed by atoms with Crippen LogP contribution in [-0.2, 0) is 0 Å². The summed E-state index contributed by atoms with van der Waals surface area (Å²) in [6, 6.07) is 5.46. The highest BCUT2D eigenvalue weighted by atomic mass is 19.2. The molecule has 2 aliphatic rings. The van der Waals surface area contributed by atoms with E-state index in [9.17, 15) is 13.9 Å². The van der Waals surface area contributed by atoms with Crippen LogP contribution in [0.5, 0.6) is 0 Å². The predicted octanol–water partition coefficient (Wildman–Crippen LogP) is 2.89. The number of hydrogen-bond donors (Lipinski definition) is 2. The Morgan fingerprint density at radius 2 is 2.00 bits per heavy atom. The number of benzene rings is 1. The summed E-state index contributed by atoms with van der Waals surface area (Å²) < 4.78 is 26.8. The normalized spacial score (nSPS) is 23.1. The number of hydrogen-bond acceptors (Lipinski definition) is 5. The molecule has 2 heterocycles. The molecule has 1 aliphatic carbocycles. The Morgan fingerprint density at radius 3 is 2.76 bits per heavy atom. The minimum Gasteiger partial charge on any atom is -0.391 e. The Labute approximate surface area is 144 Å². The molecule has 2 atom stereocenters. The molecule has 25 heavy (non-hydrogen) atoms. The first-order valence-electron chi connectivity index (χ1n) is 8.55. The lowest BCUT2D eigenvalue weighted by Crippen LogP contribution is -2.25. The van der Waals surface area contributed by atoms with Crippen LogP contribution in [0.25, 0.3) is 0 Å². The molecule has 2 fully saturated rings. The molecule has 1 aliphatic heterocycles. The van der Waals surface area contributed by atoms with Gasteiger partial charge >= 0.3 is 0 Å². The van der Waals surface area contributed by atoms with Gasteiger partial charge in [0.15, 0.2) is 11.6 Å². The molecule has 2 aromatic rings. The SMILES string of the molecule is O[C@@H]1C[C@H](c2ccc(F)c(F)c2)N(c2cc(NCC3CC3)ncn2)C1. The van der Waals surface area contributed by atoms with E-state index in [0.717, 1.165) is 24.3 Å². The average Bonchev–Trinajstić information content (AvgIpc) is 3.36. The first kappa shape index (κ1) is 16.2. The lowest BCUT2D eigenvalue weighted by Gasteiger charge is -2.26. The van der Waals surface area contributed by atoms with Crippen LogP contribution < -0.4 is 10.2 Å². The van der Waals surface area contributed by atoms with E-state index in [-0.39, 0.29) is 6.04 Å². The molecule has 0 radical (unpaired) electrons. The van der Waals surface area contributed by atoms with Gasteiger partial charge in [0, 0.05) is 19.2 Å². The summed E-state index contributed by atoms with van der Waals surface area (Å²) in [6.45, 7) is 1.29. The van der Waals surface area contributed by atoms with Crippen molar-refractivity contribution in [2.45, 2.75) is 31.4 Å². The van der Waals surface area contributed by atoms with Crippen molar-refractivity contribution < 1.29 is 13.9 Å². The number of aliphatic hydroxyl groups is 1. The van der Waals surface area contributed by atoms with Gasteiger partial charge < -0.3 is 15.3 Å². The Bertz CT molecular complexity index is 768. The fraction of sp³-hybridized carbons (Fsp3) is 0.444. The molecule has 2 N–H and O–H groups in total. The highest BCUT2D eigenvalue weighted by molar-refractivity contribution is 5.51. The summed E-state index contributed by atoms with van der Waals surface area (Å²) in [5.41, 5.74) is 0.626. The molecule has 0 spiro atoms. The van der Waals surface area contributed by atoms with Gasteiger partial charge in [0.05, 0.1) is 12.1 Å². The monoisotopic (exact) mass is 346 g/mol. The smallest absolute Gasteiger partial charge is 0.159 e. The van der Waals surface area contributed by atoms with Crippen LogP contribution in [0.1, 0.15) is 30.9 Å². The van der Waals surface area contributed by atoms with E-state index in [4.69, 9.17) is 0 Å². The molecule has 1 saturated carbocycles. The van der Waals surface area contributed by atoms with Crippen molar-refractivity contribution in [2.75, 3.05) is 23.3 Å². The Morgan fingerprint density at radius 1 is 1.16 bits per heavy atom. The van der Waals surface area contributed by atoms with Crippen LogP contribution >= 0.6 is 0 Å². The van der Waals surface area contributed by atoms with Crippen molar-refractivity contribution in [3.63, 3.8) is 0 Å². The maximum absolute atomic E-state index is 13.6. The molecule has 1 aromatic carbocycles. The van der Waals surface area contributed by atoms with Gasteiger partial charge in [0.2, 0.25) is 0 Å². The van der Waals surface area contributed by atoms with E-state index in [2.05, 4.69) is 15.3 Å². The summed E-state index contributed by atoms with van der Waals surface area (Å²) in [5.74, 6) is 0.375. The predicted molar refractivity (Wildman–Crippen MR) is 90.3 cm³/mol. The summed E-state index contributed by atoms with van der Waals surface area (Å²) >= 11 is 0. The number of anilines is 2. The van der Waals surface area contributed by atoms with Gasteiger partial charge in [-0.2, -0.15) is 0 Å². The van der Waals surface area contributed by atoms with E-state index in [1.807, 2.05) is 11.0 Å². The molecule has 7 heteroatoms. The number of rotatable bonds is 5. The Hall–Kier alpha value is -2.28. The van der Waals surface area contributed by atoms with Crippen molar-refractivity contribution in [2.24, 2.45) is 5.92 Å². The van der Waals surface area contributed by atoms with Crippen molar-refractivity contribution in [3.05, 3.63) is 47.8 Å².